The molecule has 0 atom stereocenters. The Balaban J connectivity index is 2.06. The first kappa shape index (κ1) is 12.4. The lowest BCUT2D eigenvalue weighted by atomic mass is 10.3. The first-order valence-corrected chi connectivity index (χ1v) is 5.60. The van der Waals surface area contributed by atoms with Crippen LogP contribution in [-0.4, -0.2) is 68.6 Å². The summed E-state index contributed by atoms with van der Waals surface area (Å²) in [6.07, 6.45) is 0.587. The highest BCUT2D eigenvalue weighted by atomic mass is 16.1. The first-order chi connectivity index (χ1) is 7.22. The number of hydrogen-bond acceptors (Lipinski definition) is 4. The maximum atomic E-state index is 11.3. The van der Waals surface area contributed by atoms with Gasteiger partial charge in [0.05, 0.1) is 0 Å². The number of rotatable bonds is 5. The maximum Gasteiger partial charge on any atom is 0.221 e. The van der Waals surface area contributed by atoms with Crippen molar-refractivity contribution in [1.29, 1.82) is 0 Å². The van der Waals surface area contributed by atoms with Crippen LogP contribution in [-0.2, 0) is 4.79 Å². The summed E-state index contributed by atoms with van der Waals surface area (Å²) in [7, 11) is 2.13. The summed E-state index contributed by atoms with van der Waals surface area (Å²) in [6, 6.07) is 0. The molecule has 3 N–H and O–H groups in total. The molecule has 0 saturated carbocycles. The fraction of sp³-hybridized carbons (Fsp3) is 0.900. The van der Waals surface area contributed by atoms with Gasteiger partial charge in [-0.25, -0.2) is 0 Å². The zero-order chi connectivity index (χ0) is 11.1. The topological polar surface area (TPSA) is 61.6 Å². The third-order valence-electron chi connectivity index (χ3n) is 2.72. The molecule has 1 saturated heterocycles. The lowest BCUT2D eigenvalue weighted by molar-refractivity contribution is -0.121. The monoisotopic (exact) mass is 214 g/mol. The van der Waals surface area contributed by atoms with Crippen LogP contribution in [0.1, 0.15) is 6.42 Å². The third kappa shape index (κ3) is 5.11. The molecule has 1 aliphatic rings. The third-order valence-corrected chi connectivity index (χ3v) is 2.72. The second-order valence-corrected chi connectivity index (χ2v) is 4.03. The summed E-state index contributed by atoms with van der Waals surface area (Å²) in [6.45, 7) is 6.31. The minimum Gasteiger partial charge on any atom is -0.355 e. The van der Waals surface area contributed by atoms with Gasteiger partial charge in [-0.05, 0) is 7.05 Å². The minimum absolute atomic E-state index is 0.111. The Bertz CT molecular complexity index is 190. The van der Waals surface area contributed by atoms with Crippen LogP contribution in [0.4, 0.5) is 0 Å². The number of nitrogens with two attached hydrogens (primary N) is 1. The standard InChI is InChI=1S/C10H22N4O/c1-13-6-8-14(9-7-13)5-2-10(15)12-4-3-11/h2-9,11H2,1H3,(H,12,15). The van der Waals surface area contributed by atoms with Crippen LogP contribution < -0.4 is 11.1 Å². The van der Waals surface area contributed by atoms with Gasteiger partial charge >= 0.3 is 0 Å². The van der Waals surface area contributed by atoms with Gasteiger partial charge in [0.15, 0.2) is 0 Å². The van der Waals surface area contributed by atoms with Crippen molar-refractivity contribution in [3.8, 4) is 0 Å². The Kier molecular flexibility index (Phi) is 5.60. The van der Waals surface area contributed by atoms with Crippen LogP contribution in [0, 0.1) is 0 Å². The van der Waals surface area contributed by atoms with E-state index in [1.54, 1.807) is 0 Å². The summed E-state index contributed by atoms with van der Waals surface area (Å²) in [5.74, 6) is 0.111. The number of carbonyl (C=O) groups excluding carboxylic acids is 1. The van der Waals surface area contributed by atoms with Gasteiger partial charge in [-0.15, -0.1) is 0 Å². The van der Waals surface area contributed by atoms with Gasteiger partial charge in [0, 0.05) is 52.2 Å². The average Bonchev–Trinajstić information content (AvgIpc) is 2.25. The van der Waals surface area contributed by atoms with Crippen LogP contribution >= 0.6 is 0 Å². The Morgan fingerprint density at radius 1 is 1.33 bits per heavy atom. The van der Waals surface area contributed by atoms with Crippen LogP contribution in [0.3, 0.4) is 0 Å². The average molecular weight is 214 g/mol. The SMILES string of the molecule is CN1CCN(CCC(=O)NCCN)CC1. The molecule has 0 aromatic carbocycles. The predicted molar refractivity (Wildman–Crippen MR) is 60.6 cm³/mol. The smallest absolute Gasteiger partial charge is 0.221 e. The van der Waals surface area contributed by atoms with Crippen molar-refractivity contribution >= 4 is 5.91 Å². The molecule has 5 nitrogen and oxygen atoms in total. The van der Waals surface area contributed by atoms with Gasteiger partial charge in [0.25, 0.3) is 0 Å². The van der Waals surface area contributed by atoms with Crippen molar-refractivity contribution in [3.05, 3.63) is 0 Å². The van der Waals surface area contributed by atoms with Crippen molar-refractivity contribution < 1.29 is 4.79 Å². The van der Waals surface area contributed by atoms with E-state index in [9.17, 15) is 4.79 Å². The van der Waals surface area contributed by atoms with E-state index in [1.807, 2.05) is 0 Å². The molecule has 0 aromatic rings. The maximum absolute atomic E-state index is 11.3. The van der Waals surface area contributed by atoms with Crippen LogP contribution in [0.2, 0.25) is 0 Å². The fourth-order valence-corrected chi connectivity index (χ4v) is 1.63. The Morgan fingerprint density at radius 3 is 2.60 bits per heavy atom. The van der Waals surface area contributed by atoms with Crippen molar-refractivity contribution in [2.24, 2.45) is 5.73 Å². The van der Waals surface area contributed by atoms with Gasteiger partial charge in [0.1, 0.15) is 0 Å². The van der Waals surface area contributed by atoms with Gasteiger partial charge in [0.2, 0.25) is 5.91 Å². The summed E-state index contributed by atoms with van der Waals surface area (Å²) >= 11 is 0. The molecular formula is C10H22N4O. The highest BCUT2D eigenvalue weighted by molar-refractivity contribution is 5.76. The number of hydrogen-bond donors (Lipinski definition) is 2. The Labute approximate surface area is 91.6 Å². The van der Waals surface area contributed by atoms with E-state index in [2.05, 4.69) is 22.2 Å². The largest absolute Gasteiger partial charge is 0.355 e. The van der Waals surface area contributed by atoms with Gasteiger partial charge < -0.3 is 20.9 Å². The van der Waals surface area contributed by atoms with Crippen LogP contribution in [0.15, 0.2) is 0 Å². The zero-order valence-electron chi connectivity index (χ0n) is 9.54. The first-order valence-electron chi connectivity index (χ1n) is 5.60. The van der Waals surface area contributed by atoms with E-state index in [0.717, 1.165) is 32.7 Å². The molecule has 15 heavy (non-hydrogen) atoms. The molecule has 0 spiro atoms. The van der Waals surface area contributed by atoms with Crippen molar-refractivity contribution in [2.75, 3.05) is 52.9 Å². The van der Waals surface area contributed by atoms with E-state index < -0.39 is 0 Å². The second-order valence-electron chi connectivity index (χ2n) is 4.03. The predicted octanol–water partition coefficient (Wildman–Crippen LogP) is -1.30. The lowest BCUT2D eigenvalue weighted by Crippen LogP contribution is -2.45. The molecule has 1 aliphatic heterocycles. The molecule has 0 unspecified atom stereocenters. The van der Waals surface area contributed by atoms with Gasteiger partial charge in [-0.3, -0.25) is 4.79 Å². The summed E-state index contributed by atoms with van der Waals surface area (Å²) in [5.41, 5.74) is 5.30. The van der Waals surface area contributed by atoms with E-state index >= 15 is 0 Å². The normalized spacial score (nSPS) is 19.1. The number of piperazine rings is 1. The second kappa shape index (κ2) is 6.76. The van der Waals surface area contributed by atoms with E-state index in [-0.39, 0.29) is 5.91 Å². The summed E-state index contributed by atoms with van der Waals surface area (Å²) < 4.78 is 0. The molecule has 0 aliphatic carbocycles. The Morgan fingerprint density at radius 2 is 2.00 bits per heavy atom. The number of likely N-dealkylation sites (N-methyl/N-ethyl adjacent to an activating group) is 1. The van der Waals surface area contributed by atoms with E-state index in [0.29, 0.717) is 19.5 Å². The number of nitrogens with zero attached hydrogens (tertiary/aromatic N) is 2. The van der Waals surface area contributed by atoms with Gasteiger partial charge in [-0.1, -0.05) is 0 Å². The van der Waals surface area contributed by atoms with Crippen molar-refractivity contribution in [3.63, 3.8) is 0 Å². The van der Waals surface area contributed by atoms with E-state index in [1.165, 1.54) is 0 Å². The molecule has 1 rings (SSSR count). The number of nitrogens with one attached hydrogen (secondary N) is 1. The van der Waals surface area contributed by atoms with Gasteiger partial charge in [-0.2, -0.15) is 0 Å². The highest BCUT2D eigenvalue weighted by Crippen LogP contribution is 1.99. The molecule has 0 aromatic heterocycles. The summed E-state index contributed by atoms with van der Waals surface area (Å²) in [4.78, 5) is 16.0. The zero-order valence-corrected chi connectivity index (χ0v) is 9.54. The highest BCUT2D eigenvalue weighted by Gasteiger charge is 2.14. The quantitative estimate of drug-likeness (QED) is 0.597. The molecule has 1 amide bonds. The molecular weight excluding hydrogens is 192 g/mol. The van der Waals surface area contributed by atoms with E-state index in [4.69, 9.17) is 5.73 Å². The molecule has 88 valence electrons. The molecule has 1 heterocycles. The molecule has 5 heteroatoms. The number of amides is 1. The molecule has 1 fully saturated rings. The lowest BCUT2D eigenvalue weighted by Gasteiger charge is -2.32. The number of carbonyl (C=O) groups is 1. The fourth-order valence-electron chi connectivity index (χ4n) is 1.63. The van der Waals surface area contributed by atoms with Crippen LogP contribution in [0.5, 0.6) is 0 Å². The Hall–Kier alpha value is -0.650. The summed E-state index contributed by atoms with van der Waals surface area (Å²) in [5, 5.41) is 2.78. The van der Waals surface area contributed by atoms with Crippen molar-refractivity contribution in [1.82, 2.24) is 15.1 Å². The minimum atomic E-state index is 0.111. The molecule has 0 bridgehead atoms. The van der Waals surface area contributed by atoms with Crippen molar-refractivity contribution in [2.45, 2.75) is 6.42 Å². The van der Waals surface area contributed by atoms with Crippen LogP contribution in [0.25, 0.3) is 0 Å². The molecule has 0 radical (unpaired) electrons.